The third-order valence-corrected chi connectivity index (χ3v) is 3.18. The number of ether oxygens (including phenoxy) is 1. The minimum absolute atomic E-state index is 0.0391. The van der Waals surface area contributed by atoms with Crippen molar-refractivity contribution in [2.24, 2.45) is 0 Å². The fraction of sp³-hybridized carbons (Fsp3) is 0.750. The average Bonchev–Trinajstić information content (AvgIpc) is 2.67. The number of aliphatic hydroxyl groups is 1. The topological polar surface area (TPSA) is 47.3 Å². The van der Waals surface area contributed by atoms with E-state index in [1.807, 2.05) is 10.9 Å². The lowest BCUT2D eigenvalue weighted by Crippen LogP contribution is -2.31. The van der Waals surface area contributed by atoms with E-state index < -0.39 is 0 Å². The van der Waals surface area contributed by atoms with Gasteiger partial charge in [0.05, 0.1) is 30.0 Å². The Morgan fingerprint density at radius 3 is 2.62 bits per heavy atom. The summed E-state index contributed by atoms with van der Waals surface area (Å²) in [4.78, 5) is 0. The Kier molecular flexibility index (Phi) is 2.59. The van der Waals surface area contributed by atoms with Crippen LogP contribution in [0.4, 0.5) is 0 Å². The molecule has 4 nitrogen and oxygen atoms in total. The van der Waals surface area contributed by atoms with Gasteiger partial charge in [-0.15, -0.1) is 0 Å². The van der Waals surface area contributed by atoms with Gasteiger partial charge in [-0.1, -0.05) is 0 Å². The summed E-state index contributed by atoms with van der Waals surface area (Å²) in [5.41, 5.74) is 0.516. The maximum Gasteiger partial charge on any atom is 0.0857 e. The zero-order valence-corrected chi connectivity index (χ0v) is 10.4. The quantitative estimate of drug-likeness (QED) is 0.834. The fourth-order valence-electron chi connectivity index (χ4n) is 2.57. The number of nitrogens with zero attached hydrogens (tertiary/aromatic N) is 2. The van der Waals surface area contributed by atoms with Gasteiger partial charge in [0.1, 0.15) is 0 Å². The molecule has 0 spiro atoms. The summed E-state index contributed by atoms with van der Waals surface area (Å²) < 4.78 is 7.94. The standard InChI is InChI=1S/C12H20N2O2/c1-11(2)5-10(12(3,4)16-11)14-7-9(8-15)6-13-14/h6-7,10,15H,5,8H2,1-4H3. The van der Waals surface area contributed by atoms with Gasteiger partial charge in [0.15, 0.2) is 0 Å². The van der Waals surface area contributed by atoms with Gasteiger partial charge >= 0.3 is 0 Å². The predicted molar refractivity (Wildman–Crippen MR) is 61.0 cm³/mol. The van der Waals surface area contributed by atoms with E-state index in [1.54, 1.807) is 6.20 Å². The largest absolute Gasteiger partial charge is 0.392 e. The third kappa shape index (κ3) is 1.99. The second-order valence-corrected chi connectivity index (χ2v) is 5.67. The van der Waals surface area contributed by atoms with Gasteiger partial charge in [-0.05, 0) is 27.7 Å². The molecule has 1 atom stereocenters. The van der Waals surface area contributed by atoms with Crippen molar-refractivity contribution in [3.63, 3.8) is 0 Å². The van der Waals surface area contributed by atoms with E-state index in [0.717, 1.165) is 12.0 Å². The number of hydrogen-bond donors (Lipinski definition) is 1. The first-order valence-corrected chi connectivity index (χ1v) is 5.68. The SMILES string of the molecule is CC1(C)CC(n2cc(CO)cn2)C(C)(C)O1. The Balaban J connectivity index is 2.27. The molecule has 0 bridgehead atoms. The van der Waals surface area contributed by atoms with Crippen LogP contribution in [0.1, 0.15) is 45.7 Å². The molecule has 2 heterocycles. The van der Waals surface area contributed by atoms with Crippen molar-refractivity contribution in [1.82, 2.24) is 9.78 Å². The second kappa shape index (κ2) is 3.57. The monoisotopic (exact) mass is 224 g/mol. The fourth-order valence-corrected chi connectivity index (χ4v) is 2.57. The van der Waals surface area contributed by atoms with E-state index in [1.165, 1.54) is 0 Å². The summed E-state index contributed by atoms with van der Waals surface area (Å²) in [5, 5.41) is 13.3. The molecule has 1 saturated heterocycles. The van der Waals surface area contributed by atoms with E-state index in [9.17, 15) is 0 Å². The maximum atomic E-state index is 9.04. The molecule has 0 saturated carbocycles. The van der Waals surface area contributed by atoms with Crippen molar-refractivity contribution in [2.45, 2.75) is 58.0 Å². The highest BCUT2D eigenvalue weighted by Gasteiger charge is 2.47. The summed E-state index contributed by atoms with van der Waals surface area (Å²) in [7, 11) is 0. The molecule has 0 radical (unpaired) electrons. The number of rotatable bonds is 2. The Labute approximate surface area is 96.2 Å². The second-order valence-electron chi connectivity index (χ2n) is 5.67. The molecular formula is C12H20N2O2. The first kappa shape index (κ1) is 11.6. The van der Waals surface area contributed by atoms with Crippen LogP contribution in [0.3, 0.4) is 0 Å². The van der Waals surface area contributed by atoms with Crippen LogP contribution in [0, 0.1) is 0 Å². The van der Waals surface area contributed by atoms with E-state index >= 15 is 0 Å². The highest BCUT2D eigenvalue weighted by atomic mass is 16.5. The van der Waals surface area contributed by atoms with Crippen molar-refractivity contribution in [1.29, 1.82) is 0 Å². The van der Waals surface area contributed by atoms with E-state index in [4.69, 9.17) is 9.84 Å². The lowest BCUT2D eigenvalue weighted by molar-refractivity contribution is -0.0737. The number of hydrogen-bond acceptors (Lipinski definition) is 3. The van der Waals surface area contributed by atoms with Crippen molar-refractivity contribution < 1.29 is 9.84 Å². The van der Waals surface area contributed by atoms with E-state index in [2.05, 4.69) is 32.8 Å². The van der Waals surface area contributed by atoms with Gasteiger partial charge in [0, 0.05) is 18.2 Å². The zero-order chi connectivity index (χ0) is 12.0. The van der Waals surface area contributed by atoms with Crippen LogP contribution in [-0.4, -0.2) is 26.1 Å². The predicted octanol–water partition coefficient (Wildman–Crippen LogP) is 1.89. The molecule has 2 rings (SSSR count). The van der Waals surface area contributed by atoms with Crippen molar-refractivity contribution in [3.05, 3.63) is 18.0 Å². The summed E-state index contributed by atoms with van der Waals surface area (Å²) in [6.45, 7) is 8.42. The van der Waals surface area contributed by atoms with Crippen LogP contribution in [0.25, 0.3) is 0 Å². The third-order valence-electron chi connectivity index (χ3n) is 3.18. The Morgan fingerprint density at radius 2 is 2.19 bits per heavy atom. The summed E-state index contributed by atoms with van der Waals surface area (Å²) in [6.07, 6.45) is 4.55. The summed E-state index contributed by atoms with van der Waals surface area (Å²) in [6, 6.07) is 0.225. The molecule has 1 aliphatic rings. The zero-order valence-electron chi connectivity index (χ0n) is 10.4. The lowest BCUT2D eigenvalue weighted by Gasteiger charge is -2.27. The van der Waals surface area contributed by atoms with Crippen LogP contribution in [0.5, 0.6) is 0 Å². The summed E-state index contributed by atoms with van der Waals surface area (Å²) in [5.74, 6) is 0. The van der Waals surface area contributed by atoms with E-state index in [0.29, 0.717) is 0 Å². The number of aliphatic hydroxyl groups excluding tert-OH is 1. The summed E-state index contributed by atoms with van der Waals surface area (Å²) >= 11 is 0. The number of aromatic nitrogens is 2. The molecule has 90 valence electrons. The Hall–Kier alpha value is -0.870. The minimum Gasteiger partial charge on any atom is -0.392 e. The Morgan fingerprint density at radius 1 is 1.50 bits per heavy atom. The van der Waals surface area contributed by atoms with Gasteiger partial charge in [-0.3, -0.25) is 4.68 Å². The molecule has 1 unspecified atom stereocenters. The molecule has 1 aromatic heterocycles. The molecule has 1 aliphatic heterocycles. The van der Waals surface area contributed by atoms with Crippen LogP contribution in [0.15, 0.2) is 12.4 Å². The Bertz CT molecular complexity index is 382. The molecule has 1 fully saturated rings. The molecule has 4 heteroatoms. The van der Waals surface area contributed by atoms with E-state index in [-0.39, 0.29) is 23.9 Å². The molecule has 0 aliphatic carbocycles. The van der Waals surface area contributed by atoms with Gasteiger partial charge in [-0.2, -0.15) is 5.10 Å². The molecular weight excluding hydrogens is 204 g/mol. The lowest BCUT2D eigenvalue weighted by atomic mass is 9.95. The highest BCUT2D eigenvalue weighted by molar-refractivity contribution is 5.06. The van der Waals surface area contributed by atoms with Crippen molar-refractivity contribution >= 4 is 0 Å². The van der Waals surface area contributed by atoms with Gasteiger partial charge < -0.3 is 9.84 Å². The smallest absolute Gasteiger partial charge is 0.0857 e. The molecule has 1 N–H and O–H groups in total. The first-order valence-electron chi connectivity index (χ1n) is 5.68. The molecule has 0 amide bonds. The molecule has 0 aromatic carbocycles. The van der Waals surface area contributed by atoms with Crippen LogP contribution in [-0.2, 0) is 11.3 Å². The maximum absolute atomic E-state index is 9.04. The van der Waals surface area contributed by atoms with Crippen molar-refractivity contribution in [2.75, 3.05) is 0 Å². The minimum atomic E-state index is -0.220. The first-order chi connectivity index (χ1) is 7.34. The van der Waals surface area contributed by atoms with Crippen LogP contribution in [0.2, 0.25) is 0 Å². The highest BCUT2D eigenvalue weighted by Crippen LogP contribution is 2.44. The molecule has 16 heavy (non-hydrogen) atoms. The van der Waals surface area contributed by atoms with Crippen LogP contribution >= 0.6 is 0 Å². The van der Waals surface area contributed by atoms with Crippen molar-refractivity contribution in [3.8, 4) is 0 Å². The van der Waals surface area contributed by atoms with Gasteiger partial charge in [-0.25, -0.2) is 0 Å². The normalized spacial score (nSPS) is 27.2. The molecule has 1 aromatic rings. The van der Waals surface area contributed by atoms with Gasteiger partial charge in [0.25, 0.3) is 0 Å². The van der Waals surface area contributed by atoms with Gasteiger partial charge in [0.2, 0.25) is 0 Å². The average molecular weight is 224 g/mol. The van der Waals surface area contributed by atoms with Crippen LogP contribution < -0.4 is 0 Å².